The third-order valence-electron chi connectivity index (χ3n) is 6.13. The summed E-state index contributed by atoms with van der Waals surface area (Å²) in [5.74, 6) is -0.474. The molecule has 0 unspecified atom stereocenters. The number of esters is 1. The predicted octanol–water partition coefficient (Wildman–Crippen LogP) is 4.08. The number of likely N-dealkylation sites (tertiary alicyclic amines) is 1. The van der Waals surface area contributed by atoms with Gasteiger partial charge in [0.1, 0.15) is 0 Å². The number of benzene rings is 1. The first-order valence-electron chi connectivity index (χ1n) is 11.2. The van der Waals surface area contributed by atoms with Crippen LogP contribution in [0.5, 0.6) is 0 Å². The van der Waals surface area contributed by atoms with Crippen molar-refractivity contribution in [2.75, 3.05) is 33.3 Å². The molecule has 176 valence electrons. The van der Waals surface area contributed by atoms with E-state index in [4.69, 9.17) is 16.3 Å². The number of halogens is 1. The van der Waals surface area contributed by atoms with Crippen LogP contribution in [0.25, 0.3) is 0 Å². The lowest BCUT2D eigenvalue weighted by atomic mass is 9.94. The Morgan fingerprint density at radius 1 is 1.21 bits per heavy atom. The number of thioether (sulfide) groups is 1. The number of amidine groups is 1. The minimum Gasteiger partial charge on any atom is -0.466 e. The van der Waals surface area contributed by atoms with Gasteiger partial charge in [-0.05, 0) is 56.0 Å². The number of rotatable bonds is 7. The Balaban J connectivity index is 1.50. The number of fused-ring (bicyclic) bond motifs is 1. The quantitative estimate of drug-likeness (QED) is 0.583. The van der Waals surface area contributed by atoms with Crippen molar-refractivity contribution in [3.05, 3.63) is 57.2 Å². The van der Waals surface area contributed by atoms with Gasteiger partial charge in [0.05, 0.1) is 30.8 Å². The van der Waals surface area contributed by atoms with E-state index in [1.54, 1.807) is 12.1 Å². The number of amides is 1. The van der Waals surface area contributed by atoms with E-state index >= 15 is 0 Å². The largest absolute Gasteiger partial charge is 0.466 e. The van der Waals surface area contributed by atoms with Gasteiger partial charge in [-0.2, -0.15) is 0 Å². The second kappa shape index (κ2) is 10.8. The van der Waals surface area contributed by atoms with Crippen molar-refractivity contribution < 1.29 is 14.3 Å². The number of aliphatic imine (C=N–C) groups is 1. The summed E-state index contributed by atoms with van der Waals surface area (Å²) in [5.41, 5.74) is 2.76. The van der Waals surface area contributed by atoms with E-state index < -0.39 is 12.0 Å². The van der Waals surface area contributed by atoms with Crippen LogP contribution < -0.4 is 5.32 Å². The summed E-state index contributed by atoms with van der Waals surface area (Å²) in [5, 5.41) is 6.35. The highest BCUT2D eigenvalue weighted by Crippen LogP contribution is 2.44. The molecule has 7 nitrogen and oxygen atoms in total. The van der Waals surface area contributed by atoms with Gasteiger partial charge in [-0.1, -0.05) is 41.9 Å². The van der Waals surface area contributed by atoms with E-state index in [1.807, 2.05) is 29.4 Å². The van der Waals surface area contributed by atoms with Crippen LogP contribution in [0.2, 0.25) is 5.02 Å². The third-order valence-corrected chi connectivity index (χ3v) is 7.27. The predicted molar refractivity (Wildman–Crippen MR) is 132 cm³/mol. The van der Waals surface area contributed by atoms with Crippen LogP contribution in [0.1, 0.15) is 44.2 Å². The standard InChI is InChI=1S/C24H29ClN4O3S/c1-16-21(23(31)32-2)22(17-6-8-18(25)9-7-17)29-19(15-33-24(29)27-16)14-20(30)26-10-13-28-11-4-3-5-12-28/h6-9,15,22H,3-5,10-14H2,1-2H3,(H,26,30)/t22-/m0/s1. The lowest BCUT2D eigenvalue weighted by Gasteiger charge is -2.36. The summed E-state index contributed by atoms with van der Waals surface area (Å²) in [4.78, 5) is 34.5. The minimum absolute atomic E-state index is 0.0409. The van der Waals surface area contributed by atoms with Gasteiger partial charge in [-0.25, -0.2) is 9.79 Å². The SMILES string of the molecule is COC(=O)C1=C(C)N=C2SC=C(CC(=O)NCCN3CCCCC3)N2[C@H]1c1ccc(Cl)cc1. The molecule has 1 amide bonds. The van der Waals surface area contributed by atoms with E-state index in [1.165, 1.54) is 38.1 Å². The molecule has 1 saturated heterocycles. The molecule has 9 heteroatoms. The molecule has 1 N–H and O–H groups in total. The zero-order valence-corrected chi connectivity index (χ0v) is 20.5. The van der Waals surface area contributed by atoms with Gasteiger partial charge >= 0.3 is 5.97 Å². The van der Waals surface area contributed by atoms with E-state index in [0.717, 1.165) is 36.1 Å². The van der Waals surface area contributed by atoms with Gasteiger partial charge in [0.15, 0.2) is 5.17 Å². The number of ether oxygens (including phenoxy) is 1. The second-order valence-corrected chi connectivity index (χ2v) is 9.64. The van der Waals surface area contributed by atoms with E-state index in [0.29, 0.717) is 22.8 Å². The van der Waals surface area contributed by atoms with Gasteiger partial charge in [0.25, 0.3) is 0 Å². The first kappa shape index (κ1) is 23.9. The van der Waals surface area contributed by atoms with Crippen molar-refractivity contribution in [1.82, 2.24) is 15.1 Å². The van der Waals surface area contributed by atoms with Gasteiger partial charge in [0.2, 0.25) is 5.91 Å². The summed E-state index contributed by atoms with van der Waals surface area (Å²) >= 11 is 7.57. The Labute approximate surface area is 203 Å². The zero-order chi connectivity index (χ0) is 23.4. The lowest BCUT2D eigenvalue weighted by molar-refractivity contribution is -0.136. The highest BCUT2D eigenvalue weighted by atomic mass is 35.5. The number of nitrogens with zero attached hydrogens (tertiary/aromatic N) is 3. The monoisotopic (exact) mass is 488 g/mol. The maximum Gasteiger partial charge on any atom is 0.338 e. The molecule has 0 bridgehead atoms. The Morgan fingerprint density at radius 3 is 2.64 bits per heavy atom. The van der Waals surface area contributed by atoms with Crippen LogP contribution >= 0.6 is 23.4 Å². The van der Waals surface area contributed by atoms with E-state index in [9.17, 15) is 9.59 Å². The fourth-order valence-corrected chi connectivity index (χ4v) is 5.55. The van der Waals surface area contributed by atoms with Crippen LogP contribution in [-0.2, 0) is 14.3 Å². The number of hydrogen-bond donors (Lipinski definition) is 1. The summed E-state index contributed by atoms with van der Waals surface area (Å²) < 4.78 is 5.08. The lowest BCUT2D eigenvalue weighted by Crippen LogP contribution is -2.39. The molecule has 1 aromatic rings. The Bertz CT molecular complexity index is 999. The number of carbonyl (C=O) groups excluding carboxylic acids is 2. The minimum atomic E-state index is -0.440. The number of carbonyl (C=O) groups is 2. The number of piperidine rings is 1. The molecule has 3 aliphatic heterocycles. The molecule has 4 rings (SSSR count). The molecule has 0 aromatic heterocycles. The summed E-state index contributed by atoms with van der Waals surface area (Å²) in [6.07, 6.45) is 3.97. The number of nitrogens with one attached hydrogen (secondary N) is 1. The second-order valence-electron chi connectivity index (χ2n) is 8.37. The number of hydrogen-bond acceptors (Lipinski definition) is 7. The molecular formula is C24H29ClN4O3S. The molecule has 0 spiro atoms. The Kier molecular flexibility index (Phi) is 7.78. The van der Waals surface area contributed by atoms with Crippen LogP contribution in [0.3, 0.4) is 0 Å². The number of methoxy groups -OCH3 is 1. The molecule has 1 aromatic carbocycles. The van der Waals surface area contributed by atoms with Crippen LogP contribution in [-0.4, -0.2) is 60.1 Å². The van der Waals surface area contributed by atoms with Crippen molar-refractivity contribution in [1.29, 1.82) is 0 Å². The van der Waals surface area contributed by atoms with Crippen molar-refractivity contribution in [2.24, 2.45) is 4.99 Å². The smallest absolute Gasteiger partial charge is 0.338 e. The Morgan fingerprint density at radius 2 is 1.94 bits per heavy atom. The van der Waals surface area contributed by atoms with Gasteiger partial charge in [0, 0.05) is 23.8 Å². The van der Waals surface area contributed by atoms with Gasteiger partial charge < -0.3 is 19.9 Å². The van der Waals surface area contributed by atoms with Crippen molar-refractivity contribution in [3.8, 4) is 0 Å². The molecule has 3 aliphatic rings. The average molecular weight is 489 g/mol. The van der Waals surface area contributed by atoms with Crippen molar-refractivity contribution >= 4 is 40.4 Å². The third kappa shape index (κ3) is 5.45. The fraction of sp³-hybridized carbons (Fsp3) is 0.458. The van der Waals surface area contributed by atoms with E-state index in [2.05, 4.69) is 15.2 Å². The molecular weight excluding hydrogens is 460 g/mol. The average Bonchev–Trinajstić information content (AvgIpc) is 3.20. The molecule has 1 fully saturated rings. The van der Waals surface area contributed by atoms with Crippen LogP contribution in [0, 0.1) is 0 Å². The molecule has 1 atom stereocenters. The van der Waals surface area contributed by atoms with Crippen LogP contribution in [0.15, 0.2) is 51.6 Å². The summed E-state index contributed by atoms with van der Waals surface area (Å²) in [6, 6.07) is 6.94. The van der Waals surface area contributed by atoms with Gasteiger partial charge in [-0.3, -0.25) is 4.79 Å². The number of allylic oxidation sites excluding steroid dienone is 1. The maximum absolute atomic E-state index is 12.8. The van der Waals surface area contributed by atoms with Crippen molar-refractivity contribution in [2.45, 2.75) is 38.6 Å². The highest BCUT2D eigenvalue weighted by Gasteiger charge is 2.40. The molecule has 0 radical (unpaired) electrons. The summed E-state index contributed by atoms with van der Waals surface area (Å²) in [7, 11) is 1.37. The zero-order valence-electron chi connectivity index (χ0n) is 19.0. The fourth-order valence-electron chi connectivity index (χ4n) is 4.46. The molecule has 33 heavy (non-hydrogen) atoms. The molecule has 3 heterocycles. The topological polar surface area (TPSA) is 74.2 Å². The first-order valence-corrected chi connectivity index (χ1v) is 12.5. The Hall–Kier alpha value is -2.29. The summed E-state index contributed by atoms with van der Waals surface area (Å²) in [6.45, 7) is 5.53. The van der Waals surface area contributed by atoms with Crippen molar-refractivity contribution in [3.63, 3.8) is 0 Å². The highest BCUT2D eigenvalue weighted by molar-refractivity contribution is 8.16. The normalized spacial score (nSPS) is 20.8. The van der Waals surface area contributed by atoms with E-state index in [-0.39, 0.29) is 12.3 Å². The van der Waals surface area contributed by atoms with Crippen LogP contribution in [0.4, 0.5) is 0 Å². The molecule has 0 aliphatic carbocycles. The van der Waals surface area contributed by atoms with Gasteiger partial charge in [-0.15, -0.1) is 0 Å². The maximum atomic E-state index is 12.8. The molecule has 0 saturated carbocycles. The first-order chi connectivity index (χ1) is 16.0.